The third-order valence-corrected chi connectivity index (χ3v) is 3.72. The molecular weight excluding hydrogens is 262 g/mol. The van der Waals surface area contributed by atoms with Crippen LogP contribution in [0.15, 0.2) is 42.5 Å². The van der Waals surface area contributed by atoms with E-state index in [9.17, 15) is 4.79 Å². The second kappa shape index (κ2) is 5.48. The topological polar surface area (TPSA) is 44.4 Å². The van der Waals surface area contributed by atoms with E-state index in [4.69, 9.17) is 0 Å². The van der Waals surface area contributed by atoms with Gasteiger partial charge < -0.3 is 15.5 Å². The van der Waals surface area contributed by atoms with E-state index in [-0.39, 0.29) is 5.91 Å². The molecule has 1 aliphatic heterocycles. The summed E-state index contributed by atoms with van der Waals surface area (Å²) in [7, 11) is 3.93. The molecule has 4 heteroatoms. The fourth-order valence-electron chi connectivity index (χ4n) is 2.60. The van der Waals surface area contributed by atoms with Crippen molar-refractivity contribution < 1.29 is 4.79 Å². The molecule has 0 unspecified atom stereocenters. The first-order valence-corrected chi connectivity index (χ1v) is 7.09. The minimum absolute atomic E-state index is 0.0826. The molecule has 3 rings (SSSR count). The van der Waals surface area contributed by atoms with Gasteiger partial charge in [-0.3, -0.25) is 4.79 Å². The Morgan fingerprint density at radius 3 is 2.81 bits per heavy atom. The van der Waals surface area contributed by atoms with Crippen LogP contribution in [0.1, 0.15) is 15.9 Å². The summed E-state index contributed by atoms with van der Waals surface area (Å²) in [5.74, 6) is -0.0826. The molecule has 0 fully saturated rings. The average molecular weight is 281 g/mol. The zero-order valence-electron chi connectivity index (χ0n) is 12.3. The summed E-state index contributed by atoms with van der Waals surface area (Å²) in [5.41, 5.74) is 4.84. The number of anilines is 3. The number of benzene rings is 2. The first kappa shape index (κ1) is 13.5. The lowest BCUT2D eigenvalue weighted by molar-refractivity contribution is 0.102. The average Bonchev–Trinajstić information content (AvgIpc) is 2.94. The lowest BCUT2D eigenvalue weighted by atomic mass is 10.1. The van der Waals surface area contributed by atoms with Crippen molar-refractivity contribution >= 4 is 23.0 Å². The van der Waals surface area contributed by atoms with Gasteiger partial charge in [-0.25, -0.2) is 0 Å². The quantitative estimate of drug-likeness (QED) is 0.909. The summed E-state index contributed by atoms with van der Waals surface area (Å²) < 4.78 is 0. The first-order valence-electron chi connectivity index (χ1n) is 7.09. The van der Waals surface area contributed by atoms with Crippen LogP contribution in [-0.4, -0.2) is 26.5 Å². The Balaban J connectivity index is 1.84. The molecule has 1 heterocycles. The second-order valence-corrected chi connectivity index (χ2v) is 5.41. The van der Waals surface area contributed by atoms with Gasteiger partial charge in [0, 0.05) is 31.9 Å². The molecule has 108 valence electrons. The molecule has 21 heavy (non-hydrogen) atoms. The number of amides is 1. The fraction of sp³-hybridized carbons (Fsp3) is 0.235. The number of nitrogens with one attached hydrogen (secondary N) is 2. The molecule has 2 N–H and O–H groups in total. The third-order valence-electron chi connectivity index (χ3n) is 3.72. The van der Waals surface area contributed by atoms with Gasteiger partial charge in [0.05, 0.1) is 11.4 Å². The Bertz CT molecular complexity index is 679. The van der Waals surface area contributed by atoms with Crippen LogP contribution in [-0.2, 0) is 6.42 Å². The van der Waals surface area contributed by atoms with Gasteiger partial charge in [-0.2, -0.15) is 0 Å². The van der Waals surface area contributed by atoms with Crippen LogP contribution < -0.4 is 15.5 Å². The zero-order chi connectivity index (χ0) is 14.8. The van der Waals surface area contributed by atoms with Crippen LogP contribution in [0.4, 0.5) is 17.1 Å². The maximum absolute atomic E-state index is 12.4. The molecule has 4 nitrogen and oxygen atoms in total. The van der Waals surface area contributed by atoms with Crippen LogP contribution in [0.5, 0.6) is 0 Å². The zero-order valence-corrected chi connectivity index (χ0v) is 12.3. The van der Waals surface area contributed by atoms with Gasteiger partial charge in [-0.15, -0.1) is 0 Å². The number of nitrogens with zero attached hydrogens (tertiary/aromatic N) is 1. The number of carbonyl (C=O) groups is 1. The largest absolute Gasteiger partial charge is 0.384 e. The summed E-state index contributed by atoms with van der Waals surface area (Å²) >= 11 is 0. The number of fused-ring (bicyclic) bond motifs is 1. The van der Waals surface area contributed by atoms with Crippen molar-refractivity contribution in [3.63, 3.8) is 0 Å². The van der Waals surface area contributed by atoms with Crippen molar-refractivity contribution in [3.8, 4) is 0 Å². The minimum atomic E-state index is -0.0826. The Morgan fingerprint density at radius 1 is 1.19 bits per heavy atom. The van der Waals surface area contributed by atoms with E-state index in [0.29, 0.717) is 5.56 Å². The molecule has 1 aliphatic rings. The molecule has 2 aromatic carbocycles. The summed E-state index contributed by atoms with van der Waals surface area (Å²) in [4.78, 5) is 14.4. The van der Waals surface area contributed by atoms with Crippen LogP contribution >= 0.6 is 0 Å². The molecule has 0 bridgehead atoms. The van der Waals surface area contributed by atoms with Crippen molar-refractivity contribution in [1.29, 1.82) is 0 Å². The maximum Gasteiger partial charge on any atom is 0.255 e. The minimum Gasteiger partial charge on any atom is -0.384 e. The lowest BCUT2D eigenvalue weighted by Gasteiger charge is -2.17. The van der Waals surface area contributed by atoms with Gasteiger partial charge >= 0.3 is 0 Å². The molecule has 0 aliphatic carbocycles. The highest BCUT2D eigenvalue weighted by Crippen LogP contribution is 2.26. The molecule has 0 atom stereocenters. The van der Waals surface area contributed by atoms with Gasteiger partial charge in [0.15, 0.2) is 0 Å². The summed E-state index contributed by atoms with van der Waals surface area (Å²) in [6.07, 6.45) is 1.03. The summed E-state index contributed by atoms with van der Waals surface area (Å²) in [6.45, 7) is 0.948. The van der Waals surface area contributed by atoms with Gasteiger partial charge in [-0.05, 0) is 36.2 Å². The van der Waals surface area contributed by atoms with Gasteiger partial charge in [0.1, 0.15) is 0 Å². The molecule has 0 aromatic heterocycles. The molecule has 0 spiro atoms. The highest BCUT2D eigenvalue weighted by Gasteiger charge is 2.14. The monoisotopic (exact) mass is 281 g/mol. The highest BCUT2D eigenvalue weighted by atomic mass is 16.1. The van der Waals surface area contributed by atoms with E-state index < -0.39 is 0 Å². The number of rotatable bonds is 3. The molecule has 2 aromatic rings. The molecule has 0 radical (unpaired) electrons. The Labute approximate surface area is 124 Å². The normalized spacial score (nSPS) is 12.5. The summed E-state index contributed by atoms with van der Waals surface area (Å²) in [5, 5.41) is 6.29. The van der Waals surface area contributed by atoms with Crippen molar-refractivity contribution in [3.05, 3.63) is 53.6 Å². The molecule has 1 amide bonds. The summed E-state index contributed by atoms with van der Waals surface area (Å²) in [6, 6.07) is 13.6. The predicted molar refractivity (Wildman–Crippen MR) is 87.4 cm³/mol. The smallest absolute Gasteiger partial charge is 0.255 e. The van der Waals surface area contributed by atoms with Crippen LogP contribution in [0.2, 0.25) is 0 Å². The fourth-order valence-corrected chi connectivity index (χ4v) is 2.60. The van der Waals surface area contributed by atoms with Gasteiger partial charge in [0.25, 0.3) is 5.91 Å². The van der Waals surface area contributed by atoms with E-state index >= 15 is 0 Å². The van der Waals surface area contributed by atoms with Crippen molar-refractivity contribution in [2.45, 2.75) is 6.42 Å². The van der Waals surface area contributed by atoms with E-state index in [1.807, 2.05) is 61.5 Å². The number of hydrogen-bond donors (Lipinski definition) is 2. The molecular formula is C17H19N3O. The Hall–Kier alpha value is -2.49. The third kappa shape index (κ3) is 2.70. The van der Waals surface area contributed by atoms with Crippen molar-refractivity contribution in [1.82, 2.24) is 0 Å². The van der Waals surface area contributed by atoms with Crippen LogP contribution in [0.3, 0.4) is 0 Å². The SMILES string of the molecule is CN(C)c1ccccc1NC(=O)c1ccc2c(c1)NCC2. The van der Waals surface area contributed by atoms with Gasteiger partial charge in [-0.1, -0.05) is 18.2 Å². The van der Waals surface area contributed by atoms with Crippen molar-refractivity contribution in [2.75, 3.05) is 36.2 Å². The van der Waals surface area contributed by atoms with Crippen molar-refractivity contribution in [2.24, 2.45) is 0 Å². The first-order chi connectivity index (χ1) is 10.1. The Kier molecular flexibility index (Phi) is 3.52. The van der Waals surface area contributed by atoms with Crippen LogP contribution in [0.25, 0.3) is 0 Å². The van der Waals surface area contributed by atoms with E-state index in [0.717, 1.165) is 30.0 Å². The highest BCUT2D eigenvalue weighted by molar-refractivity contribution is 6.06. The maximum atomic E-state index is 12.4. The number of para-hydroxylation sites is 2. The van der Waals surface area contributed by atoms with E-state index in [2.05, 4.69) is 10.6 Å². The van der Waals surface area contributed by atoms with E-state index in [1.54, 1.807) is 0 Å². The predicted octanol–water partition coefficient (Wildman–Crippen LogP) is 2.97. The van der Waals surface area contributed by atoms with E-state index in [1.165, 1.54) is 5.56 Å². The molecule has 0 saturated carbocycles. The number of carbonyl (C=O) groups excluding carboxylic acids is 1. The number of hydrogen-bond acceptors (Lipinski definition) is 3. The second-order valence-electron chi connectivity index (χ2n) is 5.41. The van der Waals surface area contributed by atoms with Gasteiger partial charge in [0.2, 0.25) is 0 Å². The Morgan fingerprint density at radius 2 is 2.00 bits per heavy atom. The van der Waals surface area contributed by atoms with Crippen LogP contribution in [0, 0.1) is 0 Å². The lowest BCUT2D eigenvalue weighted by Crippen LogP contribution is -2.16. The molecule has 0 saturated heterocycles. The standard InChI is InChI=1S/C17H19N3O/c1-20(2)16-6-4-3-5-14(16)19-17(21)13-8-7-12-9-10-18-15(12)11-13/h3-8,11,18H,9-10H2,1-2H3,(H,19,21).